The predicted molar refractivity (Wildman–Crippen MR) is 113 cm³/mol. The van der Waals surface area contributed by atoms with Crippen LogP contribution >= 0.6 is 15.9 Å². The summed E-state index contributed by atoms with van der Waals surface area (Å²) in [5.41, 5.74) is 2.76. The van der Waals surface area contributed by atoms with Gasteiger partial charge in [-0.1, -0.05) is 26.8 Å². The van der Waals surface area contributed by atoms with Crippen LogP contribution in [0, 0.1) is 12.8 Å². The maximum absolute atomic E-state index is 12.6. The monoisotopic (exact) mass is 432 g/mol. The smallest absolute Gasteiger partial charge is 0.255 e. The Morgan fingerprint density at radius 3 is 2.48 bits per heavy atom. The first-order chi connectivity index (χ1) is 12.8. The van der Waals surface area contributed by atoms with E-state index in [1.54, 1.807) is 31.2 Å². The van der Waals surface area contributed by atoms with Gasteiger partial charge in [0.05, 0.1) is 11.1 Å². The Kier molecular flexibility index (Phi) is 7.42. The van der Waals surface area contributed by atoms with E-state index >= 15 is 0 Å². The molecule has 0 unspecified atom stereocenters. The Balaban J connectivity index is 2.11. The fraction of sp³-hybridized carbons (Fsp3) is 0.333. The zero-order valence-electron chi connectivity index (χ0n) is 16.1. The number of carbonyl (C=O) groups excluding carboxylic acids is 2. The van der Waals surface area contributed by atoms with Gasteiger partial charge in [-0.2, -0.15) is 0 Å². The maximum Gasteiger partial charge on any atom is 0.255 e. The Labute approximate surface area is 168 Å². The highest BCUT2D eigenvalue weighted by atomic mass is 79.9. The second kappa shape index (κ2) is 9.55. The molecule has 0 atom stereocenters. The number of carbonyl (C=O) groups is 2. The molecule has 0 bridgehead atoms. The molecule has 0 fully saturated rings. The minimum atomic E-state index is -0.234. The quantitative estimate of drug-likeness (QED) is 0.615. The average molecular weight is 433 g/mol. The number of halogens is 1. The van der Waals surface area contributed by atoms with Crippen LogP contribution < -0.4 is 15.4 Å². The van der Waals surface area contributed by atoms with Crippen molar-refractivity contribution >= 4 is 39.1 Å². The molecule has 5 nitrogen and oxygen atoms in total. The van der Waals surface area contributed by atoms with Crippen molar-refractivity contribution in [2.24, 2.45) is 5.92 Å². The molecule has 2 aromatic carbocycles. The predicted octanol–water partition coefficient (Wildman–Crippen LogP) is 5.39. The van der Waals surface area contributed by atoms with Crippen LogP contribution in [0.5, 0.6) is 5.75 Å². The number of rotatable bonds is 7. The Morgan fingerprint density at radius 2 is 1.85 bits per heavy atom. The van der Waals surface area contributed by atoms with Gasteiger partial charge < -0.3 is 15.4 Å². The third-order valence-corrected chi connectivity index (χ3v) is 4.48. The number of nitrogens with one attached hydrogen (secondary N) is 2. The van der Waals surface area contributed by atoms with Crippen molar-refractivity contribution in [2.45, 2.75) is 34.1 Å². The molecule has 0 radical (unpaired) electrons. The first kappa shape index (κ1) is 21.0. The van der Waals surface area contributed by atoms with E-state index in [1.165, 1.54) is 0 Å². The molecule has 0 spiro atoms. The van der Waals surface area contributed by atoms with Crippen molar-refractivity contribution < 1.29 is 14.3 Å². The summed E-state index contributed by atoms with van der Waals surface area (Å²) in [4.78, 5) is 24.2. The van der Waals surface area contributed by atoms with Gasteiger partial charge in [0.25, 0.3) is 5.91 Å². The van der Waals surface area contributed by atoms with Crippen LogP contribution in [0.4, 0.5) is 11.4 Å². The lowest BCUT2D eigenvalue weighted by molar-refractivity contribution is -0.115. The molecule has 2 aromatic rings. The third-order valence-electron chi connectivity index (χ3n) is 3.86. The largest absolute Gasteiger partial charge is 0.492 e. The van der Waals surface area contributed by atoms with Crippen LogP contribution in [-0.2, 0) is 4.79 Å². The van der Waals surface area contributed by atoms with E-state index in [1.807, 2.05) is 19.1 Å². The molecular formula is C21H25BrN2O3. The zero-order valence-corrected chi connectivity index (χ0v) is 17.6. The van der Waals surface area contributed by atoms with Crippen LogP contribution in [-0.4, -0.2) is 18.4 Å². The van der Waals surface area contributed by atoms with Gasteiger partial charge in [-0.15, -0.1) is 0 Å². The lowest BCUT2D eigenvalue weighted by Crippen LogP contribution is -2.14. The summed E-state index contributed by atoms with van der Waals surface area (Å²) >= 11 is 3.45. The van der Waals surface area contributed by atoms with E-state index in [0.717, 1.165) is 10.0 Å². The minimum absolute atomic E-state index is 0.0671. The summed E-state index contributed by atoms with van der Waals surface area (Å²) in [5, 5.41) is 5.70. The van der Waals surface area contributed by atoms with Crippen molar-refractivity contribution in [3.8, 4) is 5.75 Å². The lowest BCUT2D eigenvalue weighted by Gasteiger charge is -2.13. The number of hydrogen-bond donors (Lipinski definition) is 2. The van der Waals surface area contributed by atoms with E-state index in [-0.39, 0.29) is 11.8 Å². The van der Waals surface area contributed by atoms with Gasteiger partial charge in [0.1, 0.15) is 5.75 Å². The SMILES string of the molecule is CCC(=O)Nc1cc(NC(=O)c2ccc(OCC(C)C)c(Br)c2)ccc1C. The Bertz CT molecular complexity index is 834. The summed E-state index contributed by atoms with van der Waals surface area (Å²) in [5.74, 6) is 0.828. The van der Waals surface area contributed by atoms with Crippen molar-refractivity contribution in [3.63, 3.8) is 0 Å². The van der Waals surface area contributed by atoms with Gasteiger partial charge in [0.2, 0.25) is 5.91 Å². The standard InChI is InChI=1S/C21H25BrN2O3/c1-5-20(25)24-18-11-16(8-6-14(18)4)23-21(26)15-7-9-19(17(22)10-15)27-12-13(2)3/h6-11,13H,5,12H2,1-4H3,(H,23,26)(H,24,25). The average Bonchev–Trinajstić information content (AvgIpc) is 2.63. The maximum atomic E-state index is 12.6. The van der Waals surface area contributed by atoms with Crippen molar-refractivity contribution in [2.75, 3.05) is 17.2 Å². The highest BCUT2D eigenvalue weighted by Gasteiger charge is 2.11. The van der Waals surface area contributed by atoms with Crippen molar-refractivity contribution in [3.05, 3.63) is 52.0 Å². The number of anilines is 2. The Hall–Kier alpha value is -2.34. The minimum Gasteiger partial charge on any atom is -0.492 e. The topological polar surface area (TPSA) is 67.4 Å². The van der Waals surface area contributed by atoms with Gasteiger partial charge in [-0.25, -0.2) is 0 Å². The normalized spacial score (nSPS) is 10.6. The Morgan fingerprint density at radius 1 is 1.11 bits per heavy atom. The van der Waals surface area contributed by atoms with Gasteiger partial charge in [0, 0.05) is 23.4 Å². The van der Waals surface area contributed by atoms with E-state index in [0.29, 0.717) is 41.6 Å². The molecule has 2 N–H and O–H groups in total. The van der Waals surface area contributed by atoms with Crippen LogP contribution in [0.1, 0.15) is 43.1 Å². The van der Waals surface area contributed by atoms with E-state index < -0.39 is 0 Å². The van der Waals surface area contributed by atoms with Crippen molar-refractivity contribution in [1.29, 1.82) is 0 Å². The van der Waals surface area contributed by atoms with Crippen LogP contribution in [0.25, 0.3) is 0 Å². The third kappa shape index (κ3) is 6.10. The molecule has 0 aliphatic heterocycles. The molecule has 2 rings (SSSR count). The van der Waals surface area contributed by atoms with Crippen LogP contribution in [0.15, 0.2) is 40.9 Å². The van der Waals surface area contributed by atoms with E-state index in [2.05, 4.69) is 40.4 Å². The lowest BCUT2D eigenvalue weighted by atomic mass is 10.1. The zero-order chi connectivity index (χ0) is 20.0. The van der Waals surface area contributed by atoms with E-state index in [4.69, 9.17) is 4.74 Å². The highest BCUT2D eigenvalue weighted by Crippen LogP contribution is 2.27. The molecule has 27 heavy (non-hydrogen) atoms. The first-order valence-electron chi connectivity index (χ1n) is 8.94. The van der Waals surface area contributed by atoms with Crippen molar-refractivity contribution in [1.82, 2.24) is 0 Å². The highest BCUT2D eigenvalue weighted by molar-refractivity contribution is 9.10. The van der Waals surface area contributed by atoms with E-state index in [9.17, 15) is 9.59 Å². The summed E-state index contributed by atoms with van der Waals surface area (Å²) < 4.78 is 6.44. The molecule has 0 aliphatic carbocycles. The molecule has 2 amide bonds. The van der Waals surface area contributed by atoms with Crippen LogP contribution in [0.3, 0.4) is 0 Å². The van der Waals surface area contributed by atoms with Gasteiger partial charge in [0.15, 0.2) is 0 Å². The van der Waals surface area contributed by atoms with Crippen LogP contribution in [0.2, 0.25) is 0 Å². The van der Waals surface area contributed by atoms with Gasteiger partial charge in [-0.3, -0.25) is 9.59 Å². The first-order valence-corrected chi connectivity index (χ1v) is 9.73. The second-order valence-corrected chi connectivity index (χ2v) is 7.59. The van der Waals surface area contributed by atoms with Gasteiger partial charge in [-0.05, 0) is 64.7 Å². The molecule has 144 valence electrons. The fourth-order valence-electron chi connectivity index (χ4n) is 2.29. The summed E-state index contributed by atoms with van der Waals surface area (Å²) in [6.45, 7) is 8.47. The fourth-order valence-corrected chi connectivity index (χ4v) is 2.79. The molecule has 0 aliphatic rings. The molecular weight excluding hydrogens is 408 g/mol. The summed E-state index contributed by atoms with van der Waals surface area (Å²) in [6.07, 6.45) is 0.398. The summed E-state index contributed by atoms with van der Waals surface area (Å²) in [6, 6.07) is 10.7. The molecule has 0 heterocycles. The number of ether oxygens (including phenoxy) is 1. The second-order valence-electron chi connectivity index (χ2n) is 6.74. The number of hydrogen-bond acceptors (Lipinski definition) is 3. The number of amides is 2. The molecule has 0 saturated carbocycles. The molecule has 0 aromatic heterocycles. The summed E-state index contributed by atoms with van der Waals surface area (Å²) in [7, 11) is 0. The number of aryl methyl sites for hydroxylation is 1. The number of benzene rings is 2. The van der Waals surface area contributed by atoms with Gasteiger partial charge >= 0.3 is 0 Å². The molecule has 6 heteroatoms. The molecule has 0 saturated heterocycles.